The lowest BCUT2D eigenvalue weighted by Gasteiger charge is -2.02. The smallest absolute Gasteiger partial charge is 0.231 e. The molecule has 1 aliphatic heterocycles. The van der Waals surface area contributed by atoms with E-state index in [1.807, 2.05) is 12.1 Å². The molecule has 0 spiro atoms. The van der Waals surface area contributed by atoms with E-state index < -0.39 is 0 Å². The Kier molecular flexibility index (Phi) is 3.36. The van der Waals surface area contributed by atoms with Gasteiger partial charge in [-0.3, -0.25) is 9.78 Å². The van der Waals surface area contributed by atoms with Crippen molar-refractivity contribution in [3.63, 3.8) is 0 Å². The van der Waals surface area contributed by atoms with Gasteiger partial charge < -0.3 is 9.47 Å². The predicted molar refractivity (Wildman–Crippen MR) is 74.7 cm³/mol. The number of nitriles is 1. The maximum Gasteiger partial charge on any atom is 0.231 e. The van der Waals surface area contributed by atoms with E-state index in [1.165, 1.54) is 0 Å². The van der Waals surface area contributed by atoms with Crippen molar-refractivity contribution in [2.75, 3.05) is 6.61 Å². The van der Waals surface area contributed by atoms with E-state index in [1.54, 1.807) is 42.7 Å². The van der Waals surface area contributed by atoms with Gasteiger partial charge in [0.1, 0.15) is 17.6 Å². The minimum absolute atomic E-state index is 0.0505. The van der Waals surface area contributed by atoms with E-state index in [9.17, 15) is 4.79 Å². The number of nitrogens with zero attached hydrogens (tertiary/aromatic N) is 2. The van der Waals surface area contributed by atoms with Crippen LogP contribution < -0.4 is 9.47 Å². The van der Waals surface area contributed by atoms with Crippen LogP contribution in [0.15, 0.2) is 48.5 Å². The highest BCUT2D eigenvalue weighted by Crippen LogP contribution is 2.34. The summed E-state index contributed by atoms with van der Waals surface area (Å²) in [4.78, 5) is 16.2. The van der Waals surface area contributed by atoms with E-state index in [0.29, 0.717) is 17.1 Å². The Balaban J connectivity index is 1.88. The molecule has 1 aliphatic rings. The number of carbonyl (C=O) groups excluding carboxylic acids is 1. The van der Waals surface area contributed by atoms with Gasteiger partial charge in [-0.15, -0.1) is 0 Å². The summed E-state index contributed by atoms with van der Waals surface area (Å²) < 4.78 is 10.8. The lowest BCUT2D eigenvalue weighted by molar-refractivity contribution is 0.101. The van der Waals surface area contributed by atoms with Gasteiger partial charge in [0.15, 0.2) is 12.4 Å². The average Bonchev–Trinajstić information content (AvgIpc) is 2.82. The molecule has 0 unspecified atom stereocenters. The number of allylic oxidation sites excluding steroid dienone is 1. The summed E-state index contributed by atoms with van der Waals surface area (Å²) in [6.07, 6.45) is 4.95. The second-order valence-electron chi connectivity index (χ2n) is 4.33. The number of hydrogen-bond donors (Lipinski definition) is 0. The van der Waals surface area contributed by atoms with Crippen LogP contribution in [0.25, 0.3) is 6.08 Å². The van der Waals surface area contributed by atoms with E-state index in [2.05, 4.69) is 4.98 Å². The number of ketones is 1. The minimum atomic E-state index is -0.180. The Hall–Kier alpha value is -3.13. The number of hydrogen-bond acceptors (Lipinski definition) is 5. The monoisotopic (exact) mass is 278 g/mol. The van der Waals surface area contributed by atoms with Gasteiger partial charge in [0.25, 0.3) is 0 Å². The van der Waals surface area contributed by atoms with Crippen LogP contribution in [-0.4, -0.2) is 17.4 Å². The van der Waals surface area contributed by atoms with E-state index in [0.717, 1.165) is 5.56 Å². The van der Waals surface area contributed by atoms with Crippen LogP contribution in [0.2, 0.25) is 0 Å². The lowest BCUT2D eigenvalue weighted by Crippen LogP contribution is -1.98. The molecule has 0 radical (unpaired) electrons. The zero-order chi connectivity index (χ0) is 14.7. The first kappa shape index (κ1) is 12.9. The zero-order valence-electron chi connectivity index (χ0n) is 10.9. The summed E-state index contributed by atoms with van der Waals surface area (Å²) in [5, 5.41) is 8.49. The van der Waals surface area contributed by atoms with Gasteiger partial charge >= 0.3 is 0 Å². The molecule has 0 bridgehead atoms. The summed E-state index contributed by atoms with van der Waals surface area (Å²) in [5.41, 5.74) is 1.27. The van der Waals surface area contributed by atoms with Gasteiger partial charge in [-0.05, 0) is 29.8 Å². The first-order chi connectivity index (χ1) is 10.3. The van der Waals surface area contributed by atoms with Gasteiger partial charge in [0.05, 0.1) is 5.56 Å². The molecular formula is C16H10N2O3. The maximum atomic E-state index is 12.2. The second-order valence-corrected chi connectivity index (χ2v) is 4.33. The number of ether oxygens (including phenoxy) is 2. The van der Waals surface area contributed by atoms with Crippen LogP contribution in [0.5, 0.6) is 11.5 Å². The van der Waals surface area contributed by atoms with Gasteiger partial charge in [-0.25, -0.2) is 0 Å². The molecule has 5 nitrogen and oxygen atoms in total. The van der Waals surface area contributed by atoms with Gasteiger partial charge in [0, 0.05) is 18.5 Å². The molecular weight excluding hydrogens is 268 g/mol. The Morgan fingerprint density at radius 2 is 2.29 bits per heavy atom. The fraction of sp³-hybridized carbons (Fsp3) is 0.0625. The average molecular weight is 278 g/mol. The van der Waals surface area contributed by atoms with Crippen molar-refractivity contribution in [1.82, 2.24) is 4.98 Å². The Bertz CT molecular complexity index is 761. The SMILES string of the molecule is N#CCOc1ccc2c(c1)OC(=Cc1cccnc1)C2=O. The third-order valence-corrected chi connectivity index (χ3v) is 2.93. The highest BCUT2D eigenvalue weighted by atomic mass is 16.5. The van der Waals surface area contributed by atoms with Crippen LogP contribution in [0.3, 0.4) is 0 Å². The van der Waals surface area contributed by atoms with Crippen molar-refractivity contribution in [3.05, 3.63) is 59.6 Å². The fourth-order valence-electron chi connectivity index (χ4n) is 1.99. The van der Waals surface area contributed by atoms with Crippen LogP contribution >= 0.6 is 0 Å². The number of Topliss-reactive ketones (excluding diaryl/α,β-unsaturated/α-hetero) is 1. The molecule has 0 saturated carbocycles. The molecule has 21 heavy (non-hydrogen) atoms. The molecule has 0 N–H and O–H groups in total. The first-order valence-corrected chi connectivity index (χ1v) is 6.26. The minimum Gasteiger partial charge on any atom is -0.479 e. The van der Waals surface area contributed by atoms with Crippen LogP contribution in [-0.2, 0) is 0 Å². The summed E-state index contributed by atoms with van der Waals surface area (Å²) in [5.74, 6) is 0.993. The number of aromatic nitrogens is 1. The van der Waals surface area contributed by atoms with Crippen molar-refractivity contribution < 1.29 is 14.3 Å². The van der Waals surface area contributed by atoms with E-state index >= 15 is 0 Å². The molecule has 0 amide bonds. The first-order valence-electron chi connectivity index (χ1n) is 6.26. The summed E-state index contributed by atoms with van der Waals surface area (Å²) >= 11 is 0. The molecule has 0 atom stereocenters. The van der Waals surface area contributed by atoms with E-state index in [4.69, 9.17) is 14.7 Å². The molecule has 2 heterocycles. The van der Waals surface area contributed by atoms with Crippen molar-refractivity contribution >= 4 is 11.9 Å². The van der Waals surface area contributed by atoms with Crippen molar-refractivity contribution in [2.45, 2.75) is 0 Å². The molecule has 0 fully saturated rings. The van der Waals surface area contributed by atoms with Crippen molar-refractivity contribution in [2.24, 2.45) is 0 Å². The molecule has 1 aromatic carbocycles. The van der Waals surface area contributed by atoms with Crippen LogP contribution in [0.4, 0.5) is 0 Å². The normalized spacial score (nSPS) is 14.4. The predicted octanol–water partition coefficient (Wildman–Crippen LogP) is 2.60. The van der Waals surface area contributed by atoms with Crippen LogP contribution in [0, 0.1) is 11.3 Å². The Labute approximate surface area is 121 Å². The lowest BCUT2D eigenvalue weighted by atomic mass is 10.1. The standard InChI is InChI=1S/C16H10N2O3/c17-5-7-20-12-3-4-13-14(9-12)21-15(16(13)19)8-11-2-1-6-18-10-11/h1-4,6,8-10H,7H2. The summed E-state index contributed by atoms with van der Waals surface area (Å²) in [6, 6.07) is 10.4. The highest BCUT2D eigenvalue weighted by molar-refractivity contribution is 6.14. The fourth-order valence-corrected chi connectivity index (χ4v) is 1.99. The van der Waals surface area contributed by atoms with Crippen molar-refractivity contribution in [3.8, 4) is 17.6 Å². The molecule has 2 aromatic rings. The third kappa shape index (κ3) is 2.60. The van der Waals surface area contributed by atoms with Crippen LogP contribution in [0.1, 0.15) is 15.9 Å². The quantitative estimate of drug-likeness (QED) is 0.807. The topological polar surface area (TPSA) is 72.2 Å². The Morgan fingerprint density at radius 3 is 3.05 bits per heavy atom. The molecule has 102 valence electrons. The highest BCUT2D eigenvalue weighted by Gasteiger charge is 2.27. The molecule has 0 saturated heterocycles. The third-order valence-electron chi connectivity index (χ3n) is 2.93. The molecule has 1 aromatic heterocycles. The maximum absolute atomic E-state index is 12.2. The summed E-state index contributed by atoms with van der Waals surface area (Å²) in [7, 11) is 0. The largest absolute Gasteiger partial charge is 0.479 e. The van der Waals surface area contributed by atoms with Gasteiger partial charge in [-0.1, -0.05) is 6.07 Å². The van der Waals surface area contributed by atoms with Crippen molar-refractivity contribution in [1.29, 1.82) is 5.26 Å². The number of fused-ring (bicyclic) bond motifs is 1. The van der Waals surface area contributed by atoms with Gasteiger partial charge in [0.2, 0.25) is 5.78 Å². The number of rotatable bonds is 3. The van der Waals surface area contributed by atoms with E-state index in [-0.39, 0.29) is 18.1 Å². The Morgan fingerprint density at radius 1 is 1.38 bits per heavy atom. The number of pyridine rings is 1. The molecule has 5 heteroatoms. The van der Waals surface area contributed by atoms with Gasteiger partial charge in [-0.2, -0.15) is 5.26 Å². The summed E-state index contributed by atoms with van der Waals surface area (Å²) in [6.45, 7) is -0.0505. The number of carbonyl (C=O) groups is 1. The molecule has 3 rings (SSSR count). The molecule has 0 aliphatic carbocycles. The second kappa shape index (κ2) is 5.47. The number of benzene rings is 1. The zero-order valence-corrected chi connectivity index (χ0v) is 10.9.